The van der Waals surface area contributed by atoms with Crippen molar-refractivity contribution in [1.29, 1.82) is 0 Å². The van der Waals surface area contributed by atoms with E-state index >= 15 is 0 Å². The summed E-state index contributed by atoms with van der Waals surface area (Å²) in [6.45, 7) is 0. The quantitative estimate of drug-likeness (QED) is 0.292. The Morgan fingerprint density at radius 2 is 1.48 bits per heavy atom. The van der Waals surface area contributed by atoms with E-state index in [0.717, 1.165) is 44.5 Å². The number of aromatic nitrogens is 2. The van der Waals surface area contributed by atoms with Crippen LogP contribution < -0.4 is 4.74 Å². The molecule has 0 saturated carbocycles. The van der Waals surface area contributed by atoms with Crippen molar-refractivity contribution in [2.75, 3.05) is 7.11 Å². The lowest BCUT2D eigenvalue weighted by Crippen LogP contribution is -1.92. The van der Waals surface area contributed by atoms with Gasteiger partial charge in [-0.05, 0) is 59.7 Å². The first-order valence-corrected chi connectivity index (χ1v) is 11.0. The summed E-state index contributed by atoms with van der Waals surface area (Å²) >= 11 is 0. The molecule has 0 aliphatic carbocycles. The molecule has 0 aliphatic heterocycles. The van der Waals surface area contributed by atoms with Gasteiger partial charge in [0.05, 0.1) is 23.8 Å². The first-order chi connectivity index (χ1) is 16.3. The van der Waals surface area contributed by atoms with Gasteiger partial charge in [0.2, 0.25) is 0 Å². The van der Waals surface area contributed by atoms with E-state index in [1.165, 1.54) is 10.9 Å². The highest BCUT2D eigenvalue weighted by Gasteiger charge is 2.15. The molecule has 3 aromatic heterocycles. The van der Waals surface area contributed by atoms with Crippen molar-refractivity contribution >= 4 is 39.5 Å². The molecule has 3 aromatic carbocycles. The Kier molecular flexibility index (Phi) is 4.66. The number of fused-ring (bicyclic) bond motifs is 5. The molecule has 6 rings (SSSR count). The summed E-state index contributed by atoms with van der Waals surface area (Å²) in [5.41, 5.74) is 7.65. The summed E-state index contributed by atoms with van der Waals surface area (Å²) in [6.07, 6.45) is 6.45. The van der Waals surface area contributed by atoms with E-state index < -0.39 is 0 Å². The normalized spacial score (nSPS) is 11.7. The van der Waals surface area contributed by atoms with Crippen LogP contribution >= 0.6 is 0 Å². The third kappa shape index (κ3) is 3.44. The van der Waals surface area contributed by atoms with Gasteiger partial charge in [0.15, 0.2) is 0 Å². The number of para-hydroxylation sites is 1. The van der Waals surface area contributed by atoms with Gasteiger partial charge in [-0.2, -0.15) is 0 Å². The zero-order valence-electron chi connectivity index (χ0n) is 18.3. The molecule has 3 heterocycles. The molecule has 33 heavy (non-hydrogen) atoms. The summed E-state index contributed by atoms with van der Waals surface area (Å²) in [7, 11) is 1.69. The van der Waals surface area contributed by atoms with Gasteiger partial charge in [0, 0.05) is 28.0 Å². The Hall–Kier alpha value is -4.37. The molecule has 0 aliphatic rings. The molecule has 0 atom stereocenters. The molecule has 0 fully saturated rings. The van der Waals surface area contributed by atoms with E-state index in [0.29, 0.717) is 0 Å². The van der Waals surface area contributed by atoms with Gasteiger partial charge in [0.25, 0.3) is 0 Å². The van der Waals surface area contributed by atoms with Crippen molar-refractivity contribution in [2.24, 2.45) is 0 Å². The lowest BCUT2D eigenvalue weighted by molar-refractivity contribution is 0.415. The number of hydrogen-bond acceptors (Lipinski definition) is 2. The highest BCUT2D eigenvalue weighted by molar-refractivity contribution is 6.12. The minimum Gasteiger partial charge on any atom is -0.497 e. The number of hydrogen-bond donors (Lipinski definition) is 0. The first-order valence-electron chi connectivity index (χ1n) is 11.0. The van der Waals surface area contributed by atoms with E-state index in [1.54, 1.807) is 7.11 Å². The number of rotatable bonds is 4. The van der Waals surface area contributed by atoms with Crippen LogP contribution in [0.3, 0.4) is 0 Å². The van der Waals surface area contributed by atoms with Crippen molar-refractivity contribution in [3.63, 3.8) is 0 Å². The molecule has 0 saturated heterocycles. The molecule has 0 amide bonds. The minimum absolute atomic E-state index is 0.839. The lowest BCUT2D eigenvalue weighted by Gasteiger charge is -2.09. The van der Waals surface area contributed by atoms with Crippen LogP contribution in [0.5, 0.6) is 5.75 Å². The Morgan fingerprint density at radius 1 is 0.727 bits per heavy atom. The fraction of sp³-hybridized carbons (Fsp3) is 0.0333. The fourth-order valence-corrected chi connectivity index (χ4v) is 4.43. The maximum atomic E-state index is 5.35. The van der Waals surface area contributed by atoms with Crippen LogP contribution in [0.4, 0.5) is 0 Å². The summed E-state index contributed by atoms with van der Waals surface area (Å²) in [5, 5.41) is 2.37. The Balaban J connectivity index is 1.57. The summed E-state index contributed by atoms with van der Waals surface area (Å²) in [5.74, 6) is 0.839. The zero-order valence-corrected chi connectivity index (χ0v) is 18.3. The summed E-state index contributed by atoms with van der Waals surface area (Å²) < 4.78 is 7.60. The predicted molar refractivity (Wildman–Crippen MR) is 138 cm³/mol. The monoisotopic (exact) mass is 426 g/mol. The molecule has 3 heteroatoms. The smallest absolute Gasteiger partial charge is 0.118 e. The van der Waals surface area contributed by atoms with Gasteiger partial charge in [-0.1, -0.05) is 60.7 Å². The first kappa shape index (κ1) is 19.3. The van der Waals surface area contributed by atoms with Crippen molar-refractivity contribution in [2.45, 2.75) is 0 Å². The van der Waals surface area contributed by atoms with Crippen molar-refractivity contribution in [1.82, 2.24) is 9.38 Å². The predicted octanol–water partition coefficient (Wildman–Crippen LogP) is 7.49. The standard InChI is InChI=1S/C30H22N2O/c1-33-25-15-13-23(14-16-25)29-30-27(26-9-5-6-10-28(26)31-29)20-24-19-22(17-18-32(24)30)12-11-21-7-3-2-4-8-21/h2-20H,1H3/b12-11+. The van der Waals surface area contributed by atoms with Gasteiger partial charge in [-0.25, -0.2) is 4.98 Å². The van der Waals surface area contributed by atoms with E-state index in [9.17, 15) is 0 Å². The lowest BCUT2D eigenvalue weighted by atomic mass is 10.1. The fourth-order valence-electron chi connectivity index (χ4n) is 4.43. The molecule has 3 nitrogen and oxygen atoms in total. The number of ether oxygens (including phenoxy) is 1. The molecule has 0 unspecified atom stereocenters. The van der Waals surface area contributed by atoms with Crippen LogP contribution in [-0.4, -0.2) is 16.5 Å². The summed E-state index contributed by atoms with van der Waals surface area (Å²) in [6, 6.07) is 33.5. The second-order valence-electron chi connectivity index (χ2n) is 8.11. The second-order valence-corrected chi connectivity index (χ2v) is 8.11. The minimum atomic E-state index is 0.839. The zero-order chi connectivity index (χ0) is 22.2. The average molecular weight is 427 g/mol. The molecule has 0 radical (unpaired) electrons. The molecule has 0 N–H and O–H groups in total. The Bertz CT molecular complexity index is 1630. The van der Waals surface area contributed by atoms with Gasteiger partial charge >= 0.3 is 0 Å². The van der Waals surface area contributed by atoms with Crippen LogP contribution in [0.1, 0.15) is 11.1 Å². The maximum absolute atomic E-state index is 5.35. The van der Waals surface area contributed by atoms with Crippen LogP contribution in [-0.2, 0) is 0 Å². The van der Waals surface area contributed by atoms with E-state index in [-0.39, 0.29) is 0 Å². The van der Waals surface area contributed by atoms with Crippen molar-refractivity contribution < 1.29 is 4.74 Å². The van der Waals surface area contributed by atoms with Crippen LogP contribution in [0.15, 0.2) is 103 Å². The number of methoxy groups -OCH3 is 1. The Labute approximate surface area is 192 Å². The van der Waals surface area contributed by atoms with Gasteiger partial charge in [-0.15, -0.1) is 0 Å². The SMILES string of the molecule is COc1ccc(-c2nc3ccccc3c3cc4cc(/C=C/c5ccccc5)ccn4c23)cc1. The topological polar surface area (TPSA) is 26.5 Å². The Morgan fingerprint density at radius 3 is 2.30 bits per heavy atom. The van der Waals surface area contributed by atoms with Crippen LogP contribution in [0.2, 0.25) is 0 Å². The van der Waals surface area contributed by atoms with E-state index in [1.807, 2.05) is 24.3 Å². The third-order valence-corrected chi connectivity index (χ3v) is 6.08. The molecular formula is C30H22N2O. The van der Waals surface area contributed by atoms with Gasteiger partial charge in [0.1, 0.15) is 5.75 Å². The van der Waals surface area contributed by atoms with Crippen molar-refractivity contribution in [3.05, 3.63) is 114 Å². The maximum Gasteiger partial charge on any atom is 0.118 e. The average Bonchev–Trinajstić information content (AvgIpc) is 3.27. The number of nitrogens with zero attached hydrogens (tertiary/aromatic N) is 2. The van der Waals surface area contributed by atoms with Gasteiger partial charge in [-0.3, -0.25) is 0 Å². The summed E-state index contributed by atoms with van der Waals surface area (Å²) in [4.78, 5) is 5.07. The molecule has 158 valence electrons. The van der Waals surface area contributed by atoms with Crippen molar-refractivity contribution in [3.8, 4) is 17.0 Å². The molecule has 6 aromatic rings. The van der Waals surface area contributed by atoms with E-state index in [2.05, 4.69) is 95.5 Å². The van der Waals surface area contributed by atoms with Crippen LogP contribution in [0.25, 0.3) is 50.7 Å². The van der Waals surface area contributed by atoms with Crippen LogP contribution in [0, 0.1) is 0 Å². The highest BCUT2D eigenvalue weighted by atomic mass is 16.5. The second kappa shape index (κ2) is 7.95. The number of pyridine rings is 2. The largest absolute Gasteiger partial charge is 0.497 e. The van der Waals surface area contributed by atoms with E-state index in [4.69, 9.17) is 9.72 Å². The molecule has 0 spiro atoms. The highest BCUT2D eigenvalue weighted by Crippen LogP contribution is 2.35. The van der Waals surface area contributed by atoms with Gasteiger partial charge < -0.3 is 9.14 Å². The molecule has 0 bridgehead atoms. The molecular weight excluding hydrogens is 404 g/mol. The number of benzene rings is 3. The third-order valence-electron chi connectivity index (χ3n) is 6.08.